The zero-order valence-electron chi connectivity index (χ0n) is 9.58. The van der Waals surface area contributed by atoms with E-state index < -0.39 is 11.5 Å². The number of halogens is 3. The van der Waals surface area contributed by atoms with Gasteiger partial charge in [-0.2, -0.15) is 0 Å². The Morgan fingerprint density at radius 2 is 2.00 bits per heavy atom. The second-order valence-corrected chi connectivity index (χ2v) is 5.62. The summed E-state index contributed by atoms with van der Waals surface area (Å²) >= 11 is 9.03. The summed E-state index contributed by atoms with van der Waals surface area (Å²) in [6.07, 6.45) is 0. The molecule has 0 saturated heterocycles. The summed E-state index contributed by atoms with van der Waals surface area (Å²) in [4.78, 5) is 0. The predicted molar refractivity (Wildman–Crippen MR) is 75.9 cm³/mol. The molecule has 0 aliphatic heterocycles. The number of nitrogens with two attached hydrogens (primary N) is 1. The Morgan fingerprint density at radius 3 is 2.47 bits per heavy atom. The molecule has 1 rings (SSSR count). The summed E-state index contributed by atoms with van der Waals surface area (Å²) in [5.74, 6) is 0.0292. The molecule has 0 radical (unpaired) electrons. The Bertz CT molecular complexity index is 399. The van der Waals surface area contributed by atoms with E-state index in [1.807, 2.05) is 13.8 Å². The van der Waals surface area contributed by atoms with E-state index in [-0.39, 0.29) is 24.8 Å². The summed E-state index contributed by atoms with van der Waals surface area (Å²) in [6, 6.07) is 2.87. The van der Waals surface area contributed by atoms with E-state index in [0.717, 1.165) is 0 Å². The molecule has 3 nitrogen and oxygen atoms in total. The molecule has 1 atom stereocenters. The Morgan fingerprint density at radius 1 is 1.47 bits per heavy atom. The van der Waals surface area contributed by atoms with Crippen molar-refractivity contribution in [3.05, 3.63) is 27.2 Å². The molecule has 0 aliphatic carbocycles. The SMILES string of the molecule is CC(C)(CO)[C@H](N)c1ccc(Cl)c(Br)c1O.Cl. The molecule has 4 N–H and O–H groups in total. The summed E-state index contributed by atoms with van der Waals surface area (Å²) < 4.78 is 0.427. The smallest absolute Gasteiger partial charge is 0.136 e. The van der Waals surface area contributed by atoms with Crippen molar-refractivity contribution in [3.63, 3.8) is 0 Å². The average Bonchev–Trinajstić information content (AvgIpc) is 2.25. The molecule has 0 unspecified atom stereocenters. The lowest BCUT2D eigenvalue weighted by molar-refractivity contribution is 0.131. The van der Waals surface area contributed by atoms with Crippen molar-refractivity contribution in [1.82, 2.24) is 0 Å². The van der Waals surface area contributed by atoms with Crippen LogP contribution in [0.25, 0.3) is 0 Å². The molecule has 0 spiro atoms. The molecule has 0 fully saturated rings. The minimum Gasteiger partial charge on any atom is -0.506 e. The number of hydrogen-bond acceptors (Lipinski definition) is 3. The van der Waals surface area contributed by atoms with Gasteiger partial charge in [-0.05, 0) is 22.0 Å². The van der Waals surface area contributed by atoms with E-state index in [9.17, 15) is 10.2 Å². The number of aromatic hydroxyl groups is 1. The minimum atomic E-state index is -0.509. The van der Waals surface area contributed by atoms with Crippen molar-refractivity contribution in [2.75, 3.05) is 6.61 Å². The van der Waals surface area contributed by atoms with Gasteiger partial charge in [0.05, 0.1) is 9.50 Å². The Hall–Kier alpha value is -0.000000000000000167. The van der Waals surface area contributed by atoms with Crippen LogP contribution in [0.3, 0.4) is 0 Å². The maximum absolute atomic E-state index is 9.91. The number of phenolic OH excluding ortho intramolecular Hbond substituents is 1. The molecular formula is C11H16BrCl2NO2. The summed E-state index contributed by atoms with van der Waals surface area (Å²) in [5, 5.41) is 19.6. The number of phenols is 1. The zero-order chi connectivity index (χ0) is 12.5. The third kappa shape index (κ3) is 3.48. The first-order chi connectivity index (χ1) is 7.31. The number of aliphatic hydroxyl groups excluding tert-OH is 1. The number of benzene rings is 1. The minimum absolute atomic E-state index is 0. The highest BCUT2D eigenvalue weighted by Gasteiger charge is 2.29. The topological polar surface area (TPSA) is 66.5 Å². The van der Waals surface area contributed by atoms with Crippen LogP contribution in [0.1, 0.15) is 25.5 Å². The third-order valence-corrected chi connectivity index (χ3v) is 4.03. The maximum atomic E-state index is 9.91. The van der Waals surface area contributed by atoms with Crippen LogP contribution in [0, 0.1) is 5.41 Å². The van der Waals surface area contributed by atoms with Crippen LogP contribution in [0.2, 0.25) is 5.02 Å². The molecule has 6 heteroatoms. The van der Waals surface area contributed by atoms with Gasteiger partial charge in [0.1, 0.15) is 5.75 Å². The standard InChI is InChI=1S/C11H15BrClNO2.ClH/c1-11(2,5-15)10(14)6-3-4-7(13)8(12)9(6)16;/h3-4,10,15-16H,5,14H2,1-2H3;1H/t10-;/m1./s1. The first-order valence-electron chi connectivity index (χ1n) is 4.84. The Labute approximate surface area is 121 Å². The number of rotatable bonds is 3. The average molecular weight is 345 g/mol. The number of hydrogen-bond donors (Lipinski definition) is 3. The highest BCUT2D eigenvalue weighted by molar-refractivity contribution is 9.10. The molecule has 0 bridgehead atoms. The Balaban J connectivity index is 0.00000256. The monoisotopic (exact) mass is 343 g/mol. The van der Waals surface area contributed by atoms with E-state index in [1.54, 1.807) is 12.1 Å². The predicted octanol–water partition coefficient (Wildman–Crippen LogP) is 3.25. The zero-order valence-corrected chi connectivity index (χ0v) is 12.7. The van der Waals surface area contributed by atoms with Gasteiger partial charge in [-0.15, -0.1) is 12.4 Å². The molecule has 1 aromatic carbocycles. The molecule has 17 heavy (non-hydrogen) atoms. The lowest BCUT2D eigenvalue weighted by atomic mass is 9.81. The fraction of sp³-hybridized carbons (Fsp3) is 0.455. The second kappa shape index (κ2) is 6.25. The van der Waals surface area contributed by atoms with Crippen LogP contribution < -0.4 is 5.73 Å². The molecule has 0 aromatic heterocycles. The van der Waals surface area contributed by atoms with Crippen LogP contribution in [-0.4, -0.2) is 16.8 Å². The lowest BCUT2D eigenvalue weighted by Gasteiger charge is -2.30. The van der Waals surface area contributed by atoms with Crippen molar-refractivity contribution in [2.45, 2.75) is 19.9 Å². The fourth-order valence-electron chi connectivity index (χ4n) is 1.33. The molecule has 0 amide bonds. The highest BCUT2D eigenvalue weighted by atomic mass is 79.9. The van der Waals surface area contributed by atoms with Gasteiger partial charge in [-0.3, -0.25) is 0 Å². The van der Waals surface area contributed by atoms with Gasteiger partial charge in [0.25, 0.3) is 0 Å². The van der Waals surface area contributed by atoms with E-state index in [1.165, 1.54) is 0 Å². The van der Waals surface area contributed by atoms with Gasteiger partial charge in [-0.25, -0.2) is 0 Å². The van der Waals surface area contributed by atoms with Crippen LogP contribution in [0.5, 0.6) is 5.75 Å². The molecule has 0 saturated carbocycles. The van der Waals surface area contributed by atoms with Crippen molar-refractivity contribution in [2.24, 2.45) is 11.1 Å². The van der Waals surface area contributed by atoms with Gasteiger partial charge in [-0.1, -0.05) is 31.5 Å². The van der Waals surface area contributed by atoms with E-state index in [2.05, 4.69) is 15.9 Å². The van der Waals surface area contributed by atoms with Gasteiger partial charge < -0.3 is 15.9 Å². The molecular weight excluding hydrogens is 329 g/mol. The Kier molecular flexibility index (Phi) is 6.25. The molecule has 0 heterocycles. The van der Waals surface area contributed by atoms with E-state index in [4.69, 9.17) is 17.3 Å². The number of aliphatic hydroxyl groups is 1. The second-order valence-electron chi connectivity index (χ2n) is 4.42. The van der Waals surface area contributed by atoms with Gasteiger partial charge in [0, 0.05) is 23.6 Å². The van der Waals surface area contributed by atoms with Crippen molar-refractivity contribution >= 4 is 39.9 Å². The van der Waals surface area contributed by atoms with Crippen LogP contribution in [0.4, 0.5) is 0 Å². The fourth-order valence-corrected chi connectivity index (χ4v) is 1.84. The molecule has 0 aliphatic rings. The summed E-state index contributed by atoms with van der Waals surface area (Å²) in [7, 11) is 0. The summed E-state index contributed by atoms with van der Waals surface area (Å²) in [6.45, 7) is 3.60. The molecule has 1 aromatic rings. The van der Waals surface area contributed by atoms with E-state index in [0.29, 0.717) is 15.1 Å². The van der Waals surface area contributed by atoms with Crippen LogP contribution in [0.15, 0.2) is 16.6 Å². The maximum Gasteiger partial charge on any atom is 0.136 e. The largest absolute Gasteiger partial charge is 0.506 e. The molecule has 98 valence electrons. The van der Waals surface area contributed by atoms with Crippen LogP contribution in [-0.2, 0) is 0 Å². The quantitative estimate of drug-likeness (QED) is 0.788. The third-order valence-electron chi connectivity index (χ3n) is 2.68. The van der Waals surface area contributed by atoms with E-state index >= 15 is 0 Å². The van der Waals surface area contributed by atoms with Gasteiger partial charge >= 0.3 is 0 Å². The van der Waals surface area contributed by atoms with Gasteiger partial charge in [0.2, 0.25) is 0 Å². The van der Waals surface area contributed by atoms with Gasteiger partial charge in [0.15, 0.2) is 0 Å². The van der Waals surface area contributed by atoms with Crippen LogP contribution >= 0.6 is 39.9 Å². The lowest BCUT2D eigenvalue weighted by Crippen LogP contribution is -2.32. The van der Waals surface area contributed by atoms with Crippen molar-refractivity contribution < 1.29 is 10.2 Å². The first-order valence-corrected chi connectivity index (χ1v) is 6.01. The summed E-state index contributed by atoms with van der Waals surface area (Å²) in [5.41, 5.74) is 6.08. The highest BCUT2D eigenvalue weighted by Crippen LogP contribution is 2.41. The normalized spacial score (nSPS) is 13.1. The van der Waals surface area contributed by atoms with Crippen molar-refractivity contribution in [1.29, 1.82) is 0 Å². The van der Waals surface area contributed by atoms with Crippen molar-refractivity contribution in [3.8, 4) is 5.75 Å². The first kappa shape index (κ1) is 17.0.